The minimum atomic E-state index is 0.0143. The lowest BCUT2D eigenvalue weighted by Gasteiger charge is -2.36. The summed E-state index contributed by atoms with van der Waals surface area (Å²) >= 11 is 6.14. The van der Waals surface area contributed by atoms with Crippen LogP contribution < -0.4 is 20.2 Å². The Bertz CT molecular complexity index is 1220. The molecule has 2 aliphatic rings. The van der Waals surface area contributed by atoms with Crippen molar-refractivity contribution in [2.45, 2.75) is 13.5 Å². The molecule has 0 spiro atoms. The van der Waals surface area contributed by atoms with Crippen LogP contribution in [0.4, 0.5) is 11.5 Å². The van der Waals surface area contributed by atoms with E-state index in [1.54, 1.807) is 29.2 Å². The number of aromatic nitrogens is 3. The van der Waals surface area contributed by atoms with Gasteiger partial charge in [-0.3, -0.25) is 14.5 Å². The summed E-state index contributed by atoms with van der Waals surface area (Å²) in [4.78, 5) is 26.9. The number of methoxy groups -OCH3 is 1. The van der Waals surface area contributed by atoms with Gasteiger partial charge in [0.1, 0.15) is 23.6 Å². The molecule has 1 N–H and O–H groups in total. The lowest BCUT2D eigenvalue weighted by Crippen LogP contribution is -2.49. The lowest BCUT2D eigenvalue weighted by atomic mass is 10.2. The number of hydrazine groups is 1. The number of nitrogens with zero attached hydrogens (tertiary/aromatic N) is 6. The van der Waals surface area contributed by atoms with E-state index in [-0.39, 0.29) is 12.5 Å². The van der Waals surface area contributed by atoms with E-state index < -0.39 is 0 Å². The van der Waals surface area contributed by atoms with E-state index in [0.717, 1.165) is 24.3 Å². The first-order chi connectivity index (χ1) is 16.0. The number of benzene rings is 1. The van der Waals surface area contributed by atoms with E-state index in [2.05, 4.69) is 20.6 Å². The van der Waals surface area contributed by atoms with Gasteiger partial charge < -0.3 is 19.4 Å². The molecule has 0 unspecified atom stereocenters. The molecule has 3 aromatic rings. The number of fused-ring (bicyclic) bond motifs is 1. The number of ether oxygens (including phenoxy) is 1. The number of pyridine rings is 1. The van der Waals surface area contributed by atoms with Crippen LogP contribution in [0.5, 0.6) is 5.75 Å². The van der Waals surface area contributed by atoms with Crippen LogP contribution in [0, 0.1) is 0 Å². The molecule has 0 aliphatic carbocycles. The summed E-state index contributed by atoms with van der Waals surface area (Å²) < 4.78 is 7.02. The summed E-state index contributed by atoms with van der Waals surface area (Å²) in [6.45, 7) is 4.66. The second kappa shape index (κ2) is 8.80. The molecule has 172 valence electrons. The van der Waals surface area contributed by atoms with Gasteiger partial charge in [0, 0.05) is 44.1 Å². The number of piperazine rings is 1. The zero-order valence-corrected chi connectivity index (χ0v) is 19.1. The molecule has 4 heterocycles. The number of rotatable bonds is 5. The second-order valence-corrected chi connectivity index (χ2v) is 8.25. The number of halogens is 1. The average molecular weight is 470 g/mol. The van der Waals surface area contributed by atoms with E-state index in [9.17, 15) is 4.79 Å². The first-order valence-electron chi connectivity index (χ1n) is 10.6. The Morgan fingerprint density at radius 2 is 2.06 bits per heavy atom. The molecule has 1 amide bonds. The molecule has 0 bridgehead atoms. The second-order valence-electron chi connectivity index (χ2n) is 7.84. The Hall–Kier alpha value is -3.50. The molecule has 0 atom stereocenters. The highest BCUT2D eigenvalue weighted by Gasteiger charge is 2.25. The zero-order valence-electron chi connectivity index (χ0n) is 18.4. The summed E-state index contributed by atoms with van der Waals surface area (Å²) in [5.74, 6) is 1.95. The highest BCUT2D eigenvalue weighted by atomic mass is 35.5. The van der Waals surface area contributed by atoms with Crippen molar-refractivity contribution in [3.8, 4) is 5.75 Å². The fourth-order valence-corrected chi connectivity index (χ4v) is 4.22. The maximum absolute atomic E-state index is 13.1. The third kappa shape index (κ3) is 4.14. The van der Waals surface area contributed by atoms with Crippen molar-refractivity contribution in [1.82, 2.24) is 25.3 Å². The molecule has 0 saturated carbocycles. The van der Waals surface area contributed by atoms with Crippen LogP contribution in [0.3, 0.4) is 0 Å². The Kier molecular flexibility index (Phi) is 5.69. The predicted molar refractivity (Wildman–Crippen MR) is 125 cm³/mol. The number of carbonyl (C=O) groups is 1. The van der Waals surface area contributed by atoms with E-state index in [1.807, 2.05) is 42.2 Å². The van der Waals surface area contributed by atoms with Gasteiger partial charge >= 0.3 is 0 Å². The number of hydrogen-bond donors (Lipinski definition) is 1. The van der Waals surface area contributed by atoms with Gasteiger partial charge in [-0.05, 0) is 31.2 Å². The summed E-state index contributed by atoms with van der Waals surface area (Å²) in [5.41, 5.74) is 5.29. The summed E-state index contributed by atoms with van der Waals surface area (Å²) in [5, 5.41) is 6.88. The number of nitrogens with one attached hydrogen (secondary N) is 1. The summed E-state index contributed by atoms with van der Waals surface area (Å²) in [6.07, 6.45) is 3.49. The van der Waals surface area contributed by atoms with Crippen molar-refractivity contribution in [3.63, 3.8) is 0 Å². The van der Waals surface area contributed by atoms with Crippen LogP contribution in [0.2, 0.25) is 5.02 Å². The fraction of sp³-hybridized carbons (Fsp3) is 0.318. The fourth-order valence-electron chi connectivity index (χ4n) is 4.02. The number of anilines is 2. The minimum absolute atomic E-state index is 0.0143. The maximum atomic E-state index is 13.1. The predicted octanol–water partition coefficient (Wildman–Crippen LogP) is 2.56. The summed E-state index contributed by atoms with van der Waals surface area (Å²) in [7, 11) is 1.60. The first-order valence-corrected chi connectivity index (χ1v) is 11.0. The molecule has 11 heteroatoms. The molecule has 33 heavy (non-hydrogen) atoms. The molecule has 0 radical (unpaired) electrons. The van der Waals surface area contributed by atoms with Crippen LogP contribution >= 0.6 is 11.6 Å². The minimum Gasteiger partial charge on any atom is -0.495 e. The Balaban J connectivity index is 1.28. The molecule has 1 saturated heterocycles. The topological polar surface area (TPSA) is 88.0 Å². The van der Waals surface area contributed by atoms with Crippen molar-refractivity contribution < 1.29 is 14.4 Å². The van der Waals surface area contributed by atoms with Gasteiger partial charge in [-0.2, -0.15) is 0 Å². The van der Waals surface area contributed by atoms with Crippen molar-refractivity contribution in [2.75, 3.05) is 43.2 Å². The van der Waals surface area contributed by atoms with Gasteiger partial charge in [-0.15, -0.1) is 5.10 Å². The average Bonchev–Trinajstić information content (AvgIpc) is 3.43. The molecule has 1 aromatic carbocycles. The first kappa shape index (κ1) is 21.4. The summed E-state index contributed by atoms with van der Waals surface area (Å²) in [6, 6.07) is 9.47. The molecule has 2 aliphatic heterocycles. The van der Waals surface area contributed by atoms with Gasteiger partial charge in [0.25, 0.3) is 0 Å². The van der Waals surface area contributed by atoms with Gasteiger partial charge in [0.2, 0.25) is 5.91 Å². The smallest absolute Gasteiger partial charge is 0.244 e. The van der Waals surface area contributed by atoms with Gasteiger partial charge in [-0.25, -0.2) is 5.01 Å². The van der Waals surface area contributed by atoms with Crippen LogP contribution in [-0.4, -0.2) is 58.9 Å². The monoisotopic (exact) mass is 469 g/mol. The number of allylic oxidation sites excluding steroid dienone is 1. The third-order valence-corrected chi connectivity index (χ3v) is 6.07. The largest absolute Gasteiger partial charge is 0.495 e. The van der Waals surface area contributed by atoms with E-state index >= 15 is 0 Å². The van der Waals surface area contributed by atoms with Crippen molar-refractivity contribution >= 4 is 40.0 Å². The van der Waals surface area contributed by atoms with Crippen LogP contribution in [0.15, 0.2) is 48.5 Å². The highest BCUT2D eigenvalue weighted by molar-refractivity contribution is 6.32. The quantitative estimate of drug-likeness (QED) is 0.610. The van der Waals surface area contributed by atoms with Crippen molar-refractivity contribution in [3.05, 3.63) is 53.5 Å². The molecular weight excluding hydrogens is 446 g/mol. The number of carbonyl (C=O) groups excluding carboxylic acids is 1. The molecular formula is C22H24ClN7O3. The normalized spacial score (nSPS) is 16.2. The Labute approximate surface area is 195 Å². The van der Waals surface area contributed by atoms with Crippen molar-refractivity contribution in [2.24, 2.45) is 0 Å². The zero-order chi connectivity index (χ0) is 22.9. The van der Waals surface area contributed by atoms with E-state index in [1.165, 1.54) is 0 Å². The molecule has 5 rings (SSSR count). The SMILES string of the molecule is COc1cc(N2CCN(C(=O)Cn3nc(N4C=C(C)ON4)c4ncccc43)CC2)ccc1Cl. The Morgan fingerprint density at radius 1 is 1.24 bits per heavy atom. The maximum Gasteiger partial charge on any atom is 0.244 e. The van der Waals surface area contributed by atoms with E-state index in [0.29, 0.717) is 41.0 Å². The number of hydrogen-bond acceptors (Lipinski definition) is 8. The van der Waals surface area contributed by atoms with Gasteiger partial charge in [0.05, 0.1) is 23.8 Å². The van der Waals surface area contributed by atoms with Crippen molar-refractivity contribution in [1.29, 1.82) is 0 Å². The highest BCUT2D eigenvalue weighted by Crippen LogP contribution is 2.30. The van der Waals surface area contributed by atoms with Crippen LogP contribution in [0.1, 0.15) is 6.92 Å². The molecule has 2 aromatic heterocycles. The van der Waals surface area contributed by atoms with Gasteiger partial charge in [-0.1, -0.05) is 17.2 Å². The Morgan fingerprint density at radius 3 is 2.79 bits per heavy atom. The molecule has 10 nitrogen and oxygen atoms in total. The number of amides is 1. The third-order valence-electron chi connectivity index (χ3n) is 5.75. The van der Waals surface area contributed by atoms with Gasteiger partial charge in [0.15, 0.2) is 5.82 Å². The lowest BCUT2D eigenvalue weighted by molar-refractivity contribution is -0.132. The van der Waals surface area contributed by atoms with E-state index in [4.69, 9.17) is 21.2 Å². The standard InChI is InChI=1S/C22H24ClN7O3/c1-15-13-30(26-33-15)22-21-18(4-3-7-24-21)29(25-22)14-20(31)28-10-8-27(9-11-28)16-5-6-17(23)19(12-16)32-2/h3-7,12-13,26H,8-11,14H2,1-2H3. The van der Waals surface area contributed by atoms with Crippen LogP contribution in [0.25, 0.3) is 11.0 Å². The molecule has 1 fully saturated rings. The van der Waals surface area contributed by atoms with Crippen LogP contribution in [-0.2, 0) is 16.2 Å².